The molecule has 4 amide bonds. The first-order chi connectivity index (χ1) is 24.0. The average molecular weight is 802 g/mol. The van der Waals surface area contributed by atoms with E-state index < -0.39 is 52.6 Å². The van der Waals surface area contributed by atoms with Gasteiger partial charge in [0.25, 0.3) is 11.8 Å². The number of fused-ring (bicyclic) bond motifs is 4. The van der Waals surface area contributed by atoms with Crippen molar-refractivity contribution in [2.45, 2.75) is 31.1 Å². The van der Waals surface area contributed by atoms with Gasteiger partial charge in [0.1, 0.15) is 11.6 Å². The monoisotopic (exact) mass is 801 g/mol. The van der Waals surface area contributed by atoms with E-state index in [0.717, 1.165) is 14.2 Å². The topological polar surface area (TPSA) is 107 Å². The Kier molecular flexibility index (Phi) is 7.87. The van der Waals surface area contributed by atoms with E-state index >= 15 is 4.79 Å². The second-order valence-electron chi connectivity index (χ2n) is 13.4. The first-order valence-corrected chi connectivity index (χ1v) is 17.8. The molecule has 0 spiro atoms. The van der Waals surface area contributed by atoms with Crippen molar-refractivity contribution in [1.29, 1.82) is 0 Å². The molecule has 11 heteroatoms. The minimum atomic E-state index is -1.57. The minimum Gasteiger partial charge on any atom is -0.507 e. The SMILES string of the molecule is Cc1cccc([C@H]2C3=CC[C@@H]4C(=O)N(c5ccc(I)cc5)C(=O)[C@@H]4[C@@H]3C[C@H]3C(=O)N(Nc4ccc(F)cc4)C(=O)[C@@]23c2ccc(Cl)cc2)c1O. The zero-order valence-electron chi connectivity index (χ0n) is 26.6. The van der Waals surface area contributed by atoms with Crippen LogP contribution in [0.3, 0.4) is 0 Å². The van der Waals surface area contributed by atoms with Crippen LogP contribution in [0.2, 0.25) is 5.02 Å². The summed E-state index contributed by atoms with van der Waals surface area (Å²) >= 11 is 8.51. The summed E-state index contributed by atoms with van der Waals surface area (Å²) in [6.45, 7) is 1.76. The quantitative estimate of drug-likeness (QED) is 0.125. The number of nitrogens with zero attached hydrogens (tertiary/aromatic N) is 2. The fraction of sp³-hybridized carbons (Fsp3) is 0.231. The van der Waals surface area contributed by atoms with Gasteiger partial charge in [-0.05, 0) is 120 Å². The van der Waals surface area contributed by atoms with Gasteiger partial charge in [-0.2, -0.15) is 5.01 Å². The van der Waals surface area contributed by atoms with Crippen LogP contribution in [0.15, 0.2) is 103 Å². The predicted octanol–water partition coefficient (Wildman–Crippen LogP) is 7.29. The number of rotatable bonds is 5. The van der Waals surface area contributed by atoms with E-state index in [0.29, 0.717) is 33.1 Å². The van der Waals surface area contributed by atoms with Crippen molar-refractivity contribution in [3.8, 4) is 5.75 Å². The highest BCUT2D eigenvalue weighted by Crippen LogP contribution is 2.65. The molecule has 6 atom stereocenters. The number of hydrogen-bond donors (Lipinski definition) is 2. The number of hydrazine groups is 1. The summed E-state index contributed by atoms with van der Waals surface area (Å²) in [6.07, 6.45) is 2.30. The number of aryl methyl sites for hydroxylation is 1. The molecule has 8 nitrogen and oxygen atoms in total. The Labute approximate surface area is 306 Å². The molecule has 4 aliphatic rings. The average Bonchev–Trinajstić information content (AvgIpc) is 3.48. The normalized spacial score (nSPS) is 27.2. The fourth-order valence-corrected chi connectivity index (χ4v) is 9.24. The molecule has 2 heterocycles. The van der Waals surface area contributed by atoms with Crippen molar-refractivity contribution in [2.75, 3.05) is 10.3 Å². The summed E-state index contributed by atoms with van der Waals surface area (Å²) in [5.41, 5.74) is 4.45. The molecule has 8 rings (SSSR count). The summed E-state index contributed by atoms with van der Waals surface area (Å²) in [4.78, 5) is 59.5. The Hall–Kier alpha value is -4.55. The standard InChI is InChI=1S/C39H30ClFIN3O5/c1-20-3-2-4-29(34(20)46)33-27-17-18-28-32(37(49)44(35(28)47)26-15-11-24(42)12-16-26)30(27)19-31-36(48)45(43-25-13-9-23(41)10-14-25)38(50)39(31,33)21-5-7-22(40)8-6-21/h2-17,28,30-33,43,46H,18-19H2,1H3/t28-,30+,31-,32-,33+,39+/m0/s1. The van der Waals surface area contributed by atoms with Gasteiger partial charge >= 0.3 is 0 Å². The maximum Gasteiger partial charge on any atom is 0.260 e. The Morgan fingerprint density at radius 3 is 2.28 bits per heavy atom. The fourth-order valence-electron chi connectivity index (χ4n) is 8.76. The molecular formula is C39H30ClFIN3O5. The van der Waals surface area contributed by atoms with Gasteiger partial charge in [0.15, 0.2) is 0 Å². The maximum absolute atomic E-state index is 15.2. The van der Waals surface area contributed by atoms with Crippen molar-refractivity contribution in [3.05, 3.63) is 134 Å². The molecule has 0 bridgehead atoms. The molecule has 4 aromatic rings. The number of imide groups is 2. The van der Waals surface area contributed by atoms with Gasteiger partial charge < -0.3 is 5.11 Å². The number of carbonyl (C=O) groups excluding carboxylic acids is 4. The molecule has 0 unspecified atom stereocenters. The van der Waals surface area contributed by atoms with E-state index in [2.05, 4.69) is 28.0 Å². The van der Waals surface area contributed by atoms with E-state index in [-0.39, 0.29) is 30.4 Å². The molecule has 252 valence electrons. The van der Waals surface area contributed by atoms with Crippen LogP contribution in [0.25, 0.3) is 0 Å². The number of nitrogens with one attached hydrogen (secondary N) is 1. The molecule has 3 fully saturated rings. The zero-order chi connectivity index (χ0) is 35.1. The first-order valence-electron chi connectivity index (χ1n) is 16.3. The summed E-state index contributed by atoms with van der Waals surface area (Å²) in [5.74, 6) is -6.13. The lowest BCUT2D eigenvalue weighted by molar-refractivity contribution is -0.138. The zero-order valence-corrected chi connectivity index (χ0v) is 29.6. The van der Waals surface area contributed by atoms with Gasteiger partial charge in [-0.15, -0.1) is 0 Å². The summed E-state index contributed by atoms with van der Waals surface area (Å²) in [5, 5.41) is 13.1. The van der Waals surface area contributed by atoms with E-state index in [1.807, 2.05) is 18.2 Å². The lowest BCUT2D eigenvalue weighted by Gasteiger charge is -2.50. The van der Waals surface area contributed by atoms with Gasteiger partial charge in [0, 0.05) is 20.1 Å². The lowest BCUT2D eigenvalue weighted by atomic mass is 9.49. The molecule has 2 aliphatic heterocycles. The third-order valence-electron chi connectivity index (χ3n) is 10.9. The van der Waals surface area contributed by atoms with Crippen molar-refractivity contribution >= 4 is 69.2 Å². The smallest absolute Gasteiger partial charge is 0.260 e. The molecule has 0 radical (unpaired) electrons. The number of carbonyl (C=O) groups is 4. The van der Waals surface area contributed by atoms with Crippen LogP contribution in [0.1, 0.15) is 35.4 Å². The van der Waals surface area contributed by atoms with E-state index in [9.17, 15) is 23.9 Å². The van der Waals surface area contributed by atoms with Crippen molar-refractivity contribution < 1.29 is 28.7 Å². The van der Waals surface area contributed by atoms with Crippen LogP contribution >= 0.6 is 34.2 Å². The lowest BCUT2D eigenvalue weighted by Crippen LogP contribution is -2.53. The number of aromatic hydroxyl groups is 1. The van der Waals surface area contributed by atoms with Gasteiger partial charge in [-0.1, -0.05) is 53.6 Å². The summed E-state index contributed by atoms with van der Waals surface area (Å²) in [7, 11) is 0. The van der Waals surface area contributed by atoms with Crippen LogP contribution in [0.5, 0.6) is 5.75 Å². The third-order valence-corrected chi connectivity index (χ3v) is 11.9. The van der Waals surface area contributed by atoms with Crippen molar-refractivity contribution in [3.63, 3.8) is 0 Å². The van der Waals surface area contributed by atoms with Crippen LogP contribution in [-0.2, 0) is 24.6 Å². The van der Waals surface area contributed by atoms with Gasteiger partial charge in [-0.25, -0.2) is 4.39 Å². The van der Waals surface area contributed by atoms with Crippen LogP contribution in [-0.4, -0.2) is 33.7 Å². The number of amides is 4. The molecule has 2 aliphatic carbocycles. The molecule has 4 aromatic carbocycles. The molecule has 2 saturated heterocycles. The van der Waals surface area contributed by atoms with Gasteiger partial charge in [0.05, 0.1) is 34.5 Å². The number of allylic oxidation sites excluding steroid dienone is 2. The molecule has 1 saturated carbocycles. The predicted molar refractivity (Wildman–Crippen MR) is 194 cm³/mol. The Morgan fingerprint density at radius 2 is 1.58 bits per heavy atom. The van der Waals surface area contributed by atoms with Crippen molar-refractivity contribution in [2.24, 2.45) is 23.7 Å². The second-order valence-corrected chi connectivity index (χ2v) is 15.1. The number of halogens is 3. The number of anilines is 2. The Morgan fingerprint density at radius 1 is 0.880 bits per heavy atom. The van der Waals surface area contributed by atoms with Crippen LogP contribution in [0.4, 0.5) is 15.8 Å². The second kappa shape index (κ2) is 12.1. The molecular weight excluding hydrogens is 772 g/mol. The third kappa shape index (κ3) is 4.75. The first kappa shape index (κ1) is 32.6. The number of hydrogen-bond acceptors (Lipinski definition) is 6. The van der Waals surface area contributed by atoms with Crippen LogP contribution in [0, 0.1) is 40.0 Å². The Balaban J connectivity index is 1.33. The summed E-state index contributed by atoms with van der Waals surface area (Å²) in [6, 6.07) is 24.6. The van der Waals surface area contributed by atoms with Crippen molar-refractivity contribution in [1.82, 2.24) is 5.01 Å². The molecule has 2 N–H and O–H groups in total. The number of para-hydroxylation sites is 1. The highest BCUT2D eigenvalue weighted by atomic mass is 127. The molecule has 0 aromatic heterocycles. The minimum absolute atomic E-state index is 0.0206. The van der Waals surface area contributed by atoms with Gasteiger partial charge in [0.2, 0.25) is 11.8 Å². The van der Waals surface area contributed by atoms with Crippen LogP contribution < -0.4 is 10.3 Å². The number of benzene rings is 4. The van der Waals surface area contributed by atoms with E-state index in [1.165, 1.54) is 29.2 Å². The van der Waals surface area contributed by atoms with E-state index in [1.54, 1.807) is 61.5 Å². The van der Waals surface area contributed by atoms with Gasteiger partial charge in [-0.3, -0.25) is 29.5 Å². The van der Waals surface area contributed by atoms with E-state index in [4.69, 9.17) is 11.6 Å². The Bertz CT molecular complexity index is 2120. The highest BCUT2D eigenvalue weighted by molar-refractivity contribution is 14.1. The largest absolute Gasteiger partial charge is 0.507 e. The number of phenols is 1. The summed E-state index contributed by atoms with van der Waals surface area (Å²) < 4.78 is 14.8. The highest BCUT2D eigenvalue weighted by Gasteiger charge is 2.70. The molecule has 50 heavy (non-hydrogen) atoms. The maximum atomic E-state index is 15.2. The number of phenolic OH excluding ortho intramolecular Hbond substituents is 1.